The second-order valence-corrected chi connectivity index (χ2v) is 6.15. The number of aryl methyl sites for hydroxylation is 1. The molecule has 0 bridgehead atoms. The van der Waals surface area contributed by atoms with Crippen LogP contribution in [-0.4, -0.2) is 15.9 Å². The number of benzene rings is 2. The third kappa shape index (κ3) is 3.89. The highest BCUT2D eigenvalue weighted by atomic mass is 19.1. The van der Waals surface area contributed by atoms with E-state index in [9.17, 15) is 9.18 Å². The Hall–Kier alpha value is -3.41. The van der Waals surface area contributed by atoms with Gasteiger partial charge in [-0.05, 0) is 42.3 Å². The molecule has 2 heterocycles. The number of rotatable bonds is 6. The highest BCUT2D eigenvalue weighted by Gasteiger charge is 2.11. The predicted molar refractivity (Wildman–Crippen MR) is 98.3 cm³/mol. The predicted octanol–water partition coefficient (Wildman–Crippen LogP) is 4.64. The number of fused-ring (bicyclic) bond motifs is 1. The molecule has 0 fully saturated rings. The molecule has 136 valence electrons. The Morgan fingerprint density at radius 2 is 1.96 bits per heavy atom. The van der Waals surface area contributed by atoms with E-state index in [2.05, 4.69) is 9.97 Å². The summed E-state index contributed by atoms with van der Waals surface area (Å²) >= 11 is 0. The van der Waals surface area contributed by atoms with Gasteiger partial charge in [-0.25, -0.2) is 9.37 Å². The number of oxazole rings is 1. The summed E-state index contributed by atoms with van der Waals surface area (Å²) < 4.78 is 23.8. The van der Waals surface area contributed by atoms with Gasteiger partial charge in [0, 0.05) is 29.1 Å². The van der Waals surface area contributed by atoms with Crippen LogP contribution in [0.3, 0.4) is 0 Å². The van der Waals surface area contributed by atoms with Crippen LogP contribution in [0.4, 0.5) is 4.39 Å². The van der Waals surface area contributed by atoms with Gasteiger partial charge in [0.25, 0.3) is 0 Å². The summed E-state index contributed by atoms with van der Waals surface area (Å²) in [4.78, 5) is 19.3. The summed E-state index contributed by atoms with van der Waals surface area (Å²) in [5.74, 6) is 0.166. The van der Waals surface area contributed by atoms with Gasteiger partial charge in [0.05, 0.1) is 6.20 Å². The highest BCUT2D eigenvalue weighted by molar-refractivity contribution is 5.83. The van der Waals surface area contributed by atoms with Gasteiger partial charge in [-0.15, -0.1) is 0 Å². The molecule has 1 N–H and O–H groups in total. The van der Waals surface area contributed by atoms with Crippen LogP contribution in [0.5, 0.6) is 0 Å². The Balaban J connectivity index is 1.31. The average Bonchev–Trinajstić information content (AvgIpc) is 3.32. The van der Waals surface area contributed by atoms with Crippen molar-refractivity contribution in [2.24, 2.45) is 0 Å². The molecule has 5 nitrogen and oxygen atoms in total. The van der Waals surface area contributed by atoms with Crippen molar-refractivity contribution in [2.75, 3.05) is 0 Å². The molecule has 0 radical (unpaired) electrons. The second kappa shape index (κ2) is 7.45. The van der Waals surface area contributed by atoms with Crippen LogP contribution in [0, 0.1) is 5.82 Å². The number of aromatic amines is 1. The van der Waals surface area contributed by atoms with Crippen LogP contribution >= 0.6 is 0 Å². The smallest absolute Gasteiger partial charge is 0.306 e. The molecule has 4 aromatic rings. The van der Waals surface area contributed by atoms with E-state index in [1.54, 1.807) is 12.1 Å². The first kappa shape index (κ1) is 17.0. The molecule has 0 atom stereocenters. The van der Waals surface area contributed by atoms with E-state index in [4.69, 9.17) is 9.15 Å². The standard InChI is InChI=1S/C21H17FN2O3/c22-16-8-5-14(6-9-16)19-12-24-20(27-19)13-26-21(25)10-7-15-11-23-18-4-2-1-3-17(15)18/h1-6,8-9,11-12,23H,7,10,13H2. The quantitative estimate of drug-likeness (QED) is 0.506. The summed E-state index contributed by atoms with van der Waals surface area (Å²) in [5, 5.41) is 1.11. The fraction of sp³-hybridized carbons (Fsp3) is 0.143. The van der Waals surface area contributed by atoms with Gasteiger partial charge in [0.1, 0.15) is 5.82 Å². The summed E-state index contributed by atoms with van der Waals surface area (Å²) in [6, 6.07) is 13.9. The largest absolute Gasteiger partial charge is 0.456 e. The molecule has 0 unspecified atom stereocenters. The highest BCUT2D eigenvalue weighted by Crippen LogP contribution is 2.21. The first-order valence-electron chi connectivity index (χ1n) is 8.60. The number of halogens is 1. The average molecular weight is 364 g/mol. The van der Waals surface area contributed by atoms with E-state index in [-0.39, 0.29) is 24.8 Å². The van der Waals surface area contributed by atoms with Crippen molar-refractivity contribution in [3.63, 3.8) is 0 Å². The van der Waals surface area contributed by atoms with Gasteiger partial charge < -0.3 is 14.1 Å². The summed E-state index contributed by atoms with van der Waals surface area (Å²) in [5.41, 5.74) is 2.84. The van der Waals surface area contributed by atoms with Crippen LogP contribution in [-0.2, 0) is 22.6 Å². The number of nitrogens with one attached hydrogen (secondary N) is 1. The molecule has 27 heavy (non-hydrogen) atoms. The Bertz CT molecular complexity index is 1070. The topological polar surface area (TPSA) is 68.1 Å². The zero-order valence-electron chi connectivity index (χ0n) is 14.4. The van der Waals surface area contributed by atoms with Crippen LogP contribution in [0.1, 0.15) is 17.9 Å². The monoisotopic (exact) mass is 364 g/mol. The number of aromatic nitrogens is 2. The fourth-order valence-corrected chi connectivity index (χ4v) is 2.91. The molecule has 4 rings (SSSR count). The molecule has 0 aliphatic heterocycles. The van der Waals surface area contributed by atoms with E-state index < -0.39 is 0 Å². The number of nitrogens with zero attached hydrogens (tertiary/aromatic N) is 1. The number of hydrogen-bond donors (Lipinski definition) is 1. The lowest BCUT2D eigenvalue weighted by Crippen LogP contribution is -2.06. The third-order valence-corrected chi connectivity index (χ3v) is 4.31. The molecular weight excluding hydrogens is 347 g/mol. The van der Waals surface area contributed by atoms with Crippen LogP contribution in [0.2, 0.25) is 0 Å². The van der Waals surface area contributed by atoms with Gasteiger partial charge in [-0.3, -0.25) is 4.79 Å². The van der Waals surface area contributed by atoms with E-state index >= 15 is 0 Å². The minimum Gasteiger partial charge on any atom is -0.456 e. The van der Waals surface area contributed by atoms with Gasteiger partial charge in [-0.2, -0.15) is 0 Å². The molecule has 0 aliphatic carbocycles. The van der Waals surface area contributed by atoms with Gasteiger partial charge in [0.2, 0.25) is 5.89 Å². The number of carbonyl (C=O) groups excluding carboxylic acids is 1. The van der Waals surface area contributed by atoms with Crippen molar-refractivity contribution in [1.82, 2.24) is 9.97 Å². The number of para-hydroxylation sites is 1. The normalized spacial score (nSPS) is 11.0. The zero-order valence-corrected chi connectivity index (χ0v) is 14.4. The molecule has 6 heteroatoms. The molecule has 0 spiro atoms. The Kier molecular flexibility index (Phi) is 4.70. The molecule has 0 amide bonds. The van der Waals surface area contributed by atoms with E-state index in [0.717, 1.165) is 16.5 Å². The Morgan fingerprint density at radius 3 is 2.81 bits per heavy atom. The minimum absolute atomic E-state index is 0.0338. The lowest BCUT2D eigenvalue weighted by molar-refractivity contribution is -0.145. The van der Waals surface area contributed by atoms with Crippen molar-refractivity contribution in [1.29, 1.82) is 0 Å². The maximum atomic E-state index is 13.0. The van der Waals surface area contributed by atoms with Crippen molar-refractivity contribution in [3.05, 3.63) is 78.2 Å². The molecule has 2 aromatic carbocycles. The lowest BCUT2D eigenvalue weighted by atomic mass is 10.1. The SMILES string of the molecule is O=C(CCc1c[nH]c2ccccc12)OCc1ncc(-c2ccc(F)cc2)o1. The first-order valence-corrected chi connectivity index (χ1v) is 8.60. The maximum Gasteiger partial charge on any atom is 0.306 e. The van der Waals surface area contributed by atoms with Gasteiger partial charge in [-0.1, -0.05) is 18.2 Å². The number of H-pyrrole nitrogens is 1. The summed E-state index contributed by atoms with van der Waals surface area (Å²) in [6.45, 7) is -0.0338. The van der Waals surface area contributed by atoms with Crippen LogP contribution in [0.25, 0.3) is 22.2 Å². The van der Waals surface area contributed by atoms with Crippen LogP contribution < -0.4 is 0 Å². The third-order valence-electron chi connectivity index (χ3n) is 4.31. The van der Waals surface area contributed by atoms with E-state index in [0.29, 0.717) is 23.6 Å². The molecule has 2 aromatic heterocycles. The van der Waals surface area contributed by atoms with Crippen LogP contribution in [0.15, 0.2) is 65.3 Å². The van der Waals surface area contributed by atoms with E-state index in [1.807, 2.05) is 30.5 Å². The maximum absolute atomic E-state index is 13.0. The van der Waals surface area contributed by atoms with Crippen molar-refractivity contribution >= 4 is 16.9 Å². The van der Waals surface area contributed by atoms with E-state index in [1.165, 1.54) is 18.3 Å². The summed E-state index contributed by atoms with van der Waals surface area (Å²) in [6.07, 6.45) is 4.31. The molecule has 0 aliphatic rings. The minimum atomic E-state index is -0.318. The number of hydrogen-bond acceptors (Lipinski definition) is 4. The fourth-order valence-electron chi connectivity index (χ4n) is 2.91. The Labute approximate surface area is 154 Å². The Morgan fingerprint density at radius 1 is 1.15 bits per heavy atom. The zero-order chi connectivity index (χ0) is 18.6. The van der Waals surface area contributed by atoms with Crippen molar-refractivity contribution in [3.8, 4) is 11.3 Å². The lowest BCUT2D eigenvalue weighted by Gasteiger charge is -2.02. The van der Waals surface area contributed by atoms with Crippen molar-refractivity contribution in [2.45, 2.75) is 19.4 Å². The van der Waals surface area contributed by atoms with Gasteiger partial charge >= 0.3 is 5.97 Å². The number of ether oxygens (including phenoxy) is 1. The second-order valence-electron chi connectivity index (χ2n) is 6.15. The van der Waals surface area contributed by atoms with Crippen molar-refractivity contribution < 1.29 is 18.3 Å². The number of carbonyl (C=O) groups is 1. The molecule has 0 saturated carbocycles. The molecule has 0 saturated heterocycles. The molecular formula is C21H17FN2O3. The van der Waals surface area contributed by atoms with Gasteiger partial charge in [0.15, 0.2) is 12.4 Å². The summed E-state index contributed by atoms with van der Waals surface area (Å²) in [7, 11) is 0. The first-order chi connectivity index (χ1) is 13.2. The number of esters is 1.